The molecule has 2 aromatic carbocycles. The Balaban J connectivity index is 0.000000251. The number of carbonyl (C=O) groups excluding carboxylic acids is 1. The third-order valence-electron chi connectivity index (χ3n) is 3.02. The first-order chi connectivity index (χ1) is 11.9. The maximum Gasteiger partial charge on any atom is 0.337 e. The second-order valence-electron chi connectivity index (χ2n) is 4.84. The van der Waals surface area contributed by atoms with Crippen LogP contribution in [0.5, 0.6) is 17.2 Å². The molecule has 0 saturated heterocycles. The Morgan fingerprint density at radius 3 is 1.96 bits per heavy atom. The number of aliphatic carboxylic acids is 1. The van der Waals surface area contributed by atoms with Crippen molar-refractivity contribution in [2.45, 2.75) is 19.4 Å². The van der Waals surface area contributed by atoms with Crippen molar-refractivity contribution >= 4 is 11.9 Å². The molecule has 7 heteroatoms. The Morgan fingerprint density at radius 2 is 1.52 bits per heavy atom. The van der Waals surface area contributed by atoms with E-state index in [2.05, 4.69) is 0 Å². The summed E-state index contributed by atoms with van der Waals surface area (Å²) >= 11 is 0. The predicted octanol–water partition coefficient (Wildman–Crippen LogP) is 2.52. The molecule has 7 nitrogen and oxygen atoms in total. The summed E-state index contributed by atoms with van der Waals surface area (Å²) in [7, 11) is 1.52. The third kappa shape index (κ3) is 6.92. The van der Waals surface area contributed by atoms with Crippen molar-refractivity contribution in [3.05, 3.63) is 54.1 Å². The maximum atomic E-state index is 10.8. The second-order valence-corrected chi connectivity index (χ2v) is 4.84. The van der Waals surface area contributed by atoms with Gasteiger partial charge in [-0.2, -0.15) is 0 Å². The van der Waals surface area contributed by atoms with E-state index in [4.69, 9.17) is 24.8 Å². The van der Waals surface area contributed by atoms with Crippen molar-refractivity contribution in [1.29, 1.82) is 0 Å². The van der Waals surface area contributed by atoms with Crippen molar-refractivity contribution in [3.63, 3.8) is 0 Å². The number of carbonyl (C=O) groups is 2. The van der Waals surface area contributed by atoms with Crippen LogP contribution in [0.3, 0.4) is 0 Å². The van der Waals surface area contributed by atoms with Gasteiger partial charge in [-0.05, 0) is 42.0 Å². The molecular weight excluding hydrogens is 328 g/mol. The zero-order valence-corrected chi connectivity index (χ0v) is 13.9. The van der Waals surface area contributed by atoms with Gasteiger partial charge in [0.1, 0.15) is 17.2 Å². The molecule has 25 heavy (non-hydrogen) atoms. The van der Waals surface area contributed by atoms with Gasteiger partial charge in [0.25, 0.3) is 0 Å². The quantitative estimate of drug-likeness (QED) is 0.562. The predicted molar refractivity (Wildman–Crippen MR) is 89.6 cm³/mol. The average Bonchev–Trinajstić information content (AvgIpc) is 2.63. The summed E-state index contributed by atoms with van der Waals surface area (Å²) in [6.07, 6.45) is -1.12. The number of aromatic hydroxyl groups is 1. The fourth-order valence-corrected chi connectivity index (χ4v) is 1.65. The number of phenolic OH excluding ortho intramolecular Hbond substituents is 1. The second kappa shape index (κ2) is 9.94. The standard InChI is InChI=1S/C9H10O4.C9H10O3/c1-13-7-4-2-6(3-5-7)8(10)9(11)12;1-2-9(11)12-8-5-3-7(10)4-6-8/h2-5,8,10H,1H3,(H,11,12);3-6,10H,2H2,1H3. The highest BCUT2D eigenvalue weighted by molar-refractivity contribution is 5.74. The summed E-state index contributed by atoms with van der Waals surface area (Å²) in [5.41, 5.74) is 0.341. The molecule has 0 radical (unpaired) electrons. The van der Waals surface area contributed by atoms with E-state index in [9.17, 15) is 9.59 Å². The molecular formula is C18H20O7. The van der Waals surface area contributed by atoms with E-state index >= 15 is 0 Å². The highest BCUT2D eigenvalue weighted by Gasteiger charge is 2.15. The number of hydrogen-bond acceptors (Lipinski definition) is 6. The van der Waals surface area contributed by atoms with Crippen LogP contribution in [0, 0.1) is 0 Å². The minimum absolute atomic E-state index is 0.159. The van der Waals surface area contributed by atoms with Gasteiger partial charge in [-0.1, -0.05) is 19.1 Å². The Bertz CT molecular complexity index is 678. The van der Waals surface area contributed by atoms with Crippen molar-refractivity contribution in [2.24, 2.45) is 0 Å². The van der Waals surface area contributed by atoms with Gasteiger partial charge >= 0.3 is 11.9 Å². The van der Waals surface area contributed by atoms with Crippen LogP contribution in [0.25, 0.3) is 0 Å². The number of rotatable bonds is 5. The maximum absolute atomic E-state index is 10.8. The fourth-order valence-electron chi connectivity index (χ4n) is 1.65. The van der Waals surface area contributed by atoms with Gasteiger partial charge in [-0.3, -0.25) is 4.79 Å². The van der Waals surface area contributed by atoms with Gasteiger partial charge in [-0.15, -0.1) is 0 Å². The first-order valence-corrected chi connectivity index (χ1v) is 7.42. The van der Waals surface area contributed by atoms with Crippen LogP contribution < -0.4 is 9.47 Å². The van der Waals surface area contributed by atoms with Crippen molar-refractivity contribution in [3.8, 4) is 17.2 Å². The van der Waals surface area contributed by atoms with Crippen LogP contribution in [0.15, 0.2) is 48.5 Å². The molecule has 2 aromatic rings. The van der Waals surface area contributed by atoms with Crippen molar-refractivity contribution in [2.75, 3.05) is 7.11 Å². The zero-order chi connectivity index (χ0) is 18.8. The van der Waals surface area contributed by atoms with Gasteiger partial charge in [0, 0.05) is 6.42 Å². The van der Waals surface area contributed by atoms with E-state index in [-0.39, 0.29) is 11.7 Å². The van der Waals surface area contributed by atoms with Gasteiger partial charge in [0.15, 0.2) is 6.10 Å². The minimum Gasteiger partial charge on any atom is -0.508 e. The number of ether oxygens (including phenoxy) is 2. The number of benzene rings is 2. The normalized spacial score (nSPS) is 10.8. The van der Waals surface area contributed by atoms with Crippen LogP contribution >= 0.6 is 0 Å². The number of methoxy groups -OCH3 is 1. The molecule has 0 fully saturated rings. The highest BCUT2D eigenvalue weighted by Crippen LogP contribution is 2.17. The molecule has 1 unspecified atom stereocenters. The monoisotopic (exact) mass is 348 g/mol. The lowest BCUT2D eigenvalue weighted by molar-refractivity contribution is -0.147. The molecule has 0 spiro atoms. The molecule has 0 aromatic heterocycles. The Kier molecular flexibility index (Phi) is 7.95. The fraction of sp³-hybridized carbons (Fsp3) is 0.222. The molecule has 0 aliphatic rings. The molecule has 2 rings (SSSR count). The number of phenols is 1. The number of aliphatic hydroxyl groups is 1. The summed E-state index contributed by atoms with van der Waals surface area (Å²) in [6.45, 7) is 1.72. The Labute approximate surface area is 145 Å². The van der Waals surface area contributed by atoms with Crippen LogP contribution in [0.4, 0.5) is 0 Å². The lowest BCUT2D eigenvalue weighted by Gasteiger charge is -2.06. The van der Waals surface area contributed by atoms with Crippen molar-refractivity contribution in [1.82, 2.24) is 0 Å². The SMILES string of the molecule is CCC(=O)Oc1ccc(O)cc1.COc1ccc(C(O)C(=O)O)cc1. The summed E-state index contributed by atoms with van der Waals surface area (Å²) in [5, 5.41) is 26.5. The minimum atomic E-state index is -1.47. The molecule has 134 valence electrons. The van der Waals surface area contributed by atoms with Crippen LogP contribution in [0.1, 0.15) is 25.0 Å². The Hall–Kier alpha value is -3.06. The topological polar surface area (TPSA) is 113 Å². The van der Waals surface area contributed by atoms with Gasteiger partial charge < -0.3 is 24.8 Å². The van der Waals surface area contributed by atoms with E-state index < -0.39 is 12.1 Å². The smallest absolute Gasteiger partial charge is 0.337 e. The number of carboxylic acids is 1. The number of carboxylic acid groups (broad SMARTS) is 1. The summed E-state index contributed by atoms with van der Waals surface area (Å²) in [6, 6.07) is 12.3. The Morgan fingerprint density at radius 1 is 1.00 bits per heavy atom. The highest BCUT2D eigenvalue weighted by atomic mass is 16.5. The summed E-state index contributed by atoms with van der Waals surface area (Å²) < 4.78 is 9.75. The third-order valence-corrected chi connectivity index (χ3v) is 3.02. The van der Waals surface area contributed by atoms with Crippen LogP contribution in [0.2, 0.25) is 0 Å². The first-order valence-electron chi connectivity index (χ1n) is 7.42. The van der Waals surface area contributed by atoms with E-state index in [0.717, 1.165) is 0 Å². The molecule has 0 aliphatic heterocycles. The van der Waals surface area contributed by atoms with Crippen LogP contribution in [-0.4, -0.2) is 34.4 Å². The molecule has 0 heterocycles. The van der Waals surface area contributed by atoms with E-state index in [1.165, 1.54) is 31.4 Å². The van der Waals surface area contributed by atoms with Gasteiger partial charge in [-0.25, -0.2) is 4.79 Å². The lowest BCUT2D eigenvalue weighted by Crippen LogP contribution is -2.09. The molecule has 0 saturated carbocycles. The van der Waals surface area contributed by atoms with E-state index in [0.29, 0.717) is 23.5 Å². The number of esters is 1. The van der Waals surface area contributed by atoms with Crippen molar-refractivity contribution < 1.29 is 34.4 Å². The zero-order valence-electron chi connectivity index (χ0n) is 13.9. The summed E-state index contributed by atoms with van der Waals surface area (Å²) in [4.78, 5) is 21.2. The van der Waals surface area contributed by atoms with Gasteiger partial charge in [0.05, 0.1) is 7.11 Å². The van der Waals surface area contributed by atoms with E-state index in [1.54, 1.807) is 31.2 Å². The molecule has 1 atom stereocenters. The average molecular weight is 348 g/mol. The number of aliphatic hydroxyl groups excluding tert-OH is 1. The van der Waals surface area contributed by atoms with Crippen LogP contribution in [-0.2, 0) is 9.59 Å². The molecule has 3 N–H and O–H groups in total. The molecule has 0 aliphatic carbocycles. The van der Waals surface area contributed by atoms with E-state index in [1.807, 2.05) is 0 Å². The largest absolute Gasteiger partial charge is 0.508 e. The molecule has 0 amide bonds. The lowest BCUT2D eigenvalue weighted by atomic mass is 10.1. The summed E-state index contributed by atoms with van der Waals surface area (Å²) in [5.74, 6) is -0.293. The van der Waals surface area contributed by atoms with Gasteiger partial charge in [0.2, 0.25) is 0 Å². The molecule has 0 bridgehead atoms. The first kappa shape index (κ1) is 20.0. The number of hydrogen-bond donors (Lipinski definition) is 3.